The van der Waals surface area contributed by atoms with Crippen molar-refractivity contribution >= 4 is 23.4 Å². The molecular weight excluding hydrogens is 444 g/mol. The van der Waals surface area contributed by atoms with Gasteiger partial charge < -0.3 is 24.4 Å². The normalized spacial score (nSPS) is 19.8. The number of hydrogen-bond acceptors (Lipinski definition) is 5. The monoisotopic (exact) mass is 472 g/mol. The molecule has 33 heavy (non-hydrogen) atoms. The van der Waals surface area contributed by atoms with Crippen LogP contribution in [0.3, 0.4) is 0 Å². The predicted molar refractivity (Wildman–Crippen MR) is 125 cm³/mol. The van der Waals surface area contributed by atoms with E-state index in [0.29, 0.717) is 53.4 Å². The van der Waals surface area contributed by atoms with Crippen LogP contribution >= 0.6 is 11.6 Å². The Bertz CT molecular complexity index is 1010. The second-order valence-corrected chi connectivity index (χ2v) is 9.02. The lowest BCUT2D eigenvalue weighted by molar-refractivity contribution is -0.125. The van der Waals surface area contributed by atoms with Gasteiger partial charge in [0, 0.05) is 36.1 Å². The number of amides is 2. The summed E-state index contributed by atoms with van der Waals surface area (Å²) >= 11 is 6.10. The summed E-state index contributed by atoms with van der Waals surface area (Å²) < 4.78 is 16.5. The first-order valence-corrected chi connectivity index (χ1v) is 11.4. The zero-order valence-corrected chi connectivity index (χ0v) is 19.9. The van der Waals surface area contributed by atoms with Gasteiger partial charge in [-0.1, -0.05) is 17.7 Å². The van der Waals surface area contributed by atoms with Crippen molar-refractivity contribution in [3.63, 3.8) is 0 Å². The molecule has 1 saturated carbocycles. The number of likely N-dealkylation sites (tertiary alicyclic amines) is 1. The van der Waals surface area contributed by atoms with Gasteiger partial charge >= 0.3 is 0 Å². The van der Waals surface area contributed by atoms with Gasteiger partial charge in [0.2, 0.25) is 11.7 Å². The molecule has 2 aromatic rings. The van der Waals surface area contributed by atoms with E-state index in [1.807, 2.05) is 12.1 Å². The molecule has 0 aromatic heterocycles. The number of methoxy groups -OCH3 is 3. The molecular formula is C25H29ClN2O5. The molecule has 2 fully saturated rings. The van der Waals surface area contributed by atoms with E-state index in [9.17, 15) is 9.59 Å². The molecule has 2 aromatic carbocycles. The number of ether oxygens (including phenoxy) is 3. The lowest BCUT2D eigenvalue weighted by atomic mass is 9.88. The quantitative estimate of drug-likeness (QED) is 0.633. The second kappa shape index (κ2) is 9.91. The average Bonchev–Trinajstić information content (AvgIpc) is 3.56. The summed E-state index contributed by atoms with van der Waals surface area (Å²) in [6.07, 6.45) is 2.31. The maximum atomic E-state index is 13.2. The van der Waals surface area contributed by atoms with Crippen LogP contribution < -0.4 is 19.5 Å². The SMILES string of the molecule is COc1cc(C2CN(C(=O)c3cccc(Cl)c3)CC2C(=O)NCC2CC2)cc(OC)c1OC. The highest BCUT2D eigenvalue weighted by atomic mass is 35.5. The minimum absolute atomic E-state index is 0.0398. The summed E-state index contributed by atoms with van der Waals surface area (Å²) in [6.45, 7) is 1.40. The van der Waals surface area contributed by atoms with Crippen LogP contribution in [-0.4, -0.2) is 57.7 Å². The van der Waals surface area contributed by atoms with Crippen molar-refractivity contribution in [2.75, 3.05) is 41.0 Å². The smallest absolute Gasteiger partial charge is 0.253 e. The minimum atomic E-state index is -0.394. The van der Waals surface area contributed by atoms with Crippen molar-refractivity contribution in [1.29, 1.82) is 0 Å². The summed E-state index contributed by atoms with van der Waals surface area (Å²) in [4.78, 5) is 28.2. The highest BCUT2D eigenvalue weighted by Gasteiger charge is 2.41. The highest BCUT2D eigenvalue weighted by molar-refractivity contribution is 6.30. The molecule has 2 amide bonds. The van der Waals surface area contributed by atoms with E-state index >= 15 is 0 Å². The molecule has 1 saturated heterocycles. The van der Waals surface area contributed by atoms with Crippen molar-refractivity contribution in [3.05, 3.63) is 52.5 Å². The Morgan fingerprint density at radius 2 is 1.73 bits per heavy atom. The van der Waals surface area contributed by atoms with Gasteiger partial charge in [-0.05, 0) is 54.7 Å². The molecule has 0 radical (unpaired) electrons. The zero-order valence-electron chi connectivity index (χ0n) is 19.1. The Morgan fingerprint density at radius 3 is 2.30 bits per heavy atom. The van der Waals surface area contributed by atoms with E-state index in [1.54, 1.807) is 50.5 Å². The molecule has 8 heteroatoms. The number of halogens is 1. The third-order valence-electron chi connectivity index (χ3n) is 6.39. The van der Waals surface area contributed by atoms with Gasteiger partial charge in [0.15, 0.2) is 11.5 Å². The topological polar surface area (TPSA) is 77.1 Å². The first kappa shape index (κ1) is 23.2. The zero-order chi connectivity index (χ0) is 23.5. The van der Waals surface area contributed by atoms with Crippen molar-refractivity contribution in [1.82, 2.24) is 10.2 Å². The molecule has 4 rings (SSSR count). The maximum absolute atomic E-state index is 13.2. The van der Waals surface area contributed by atoms with E-state index in [2.05, 4.69) is 5.32 Å². The molecule has 1 N–H and O–H groups in total. The Morgan fingerprint density at radius 1 is 1.03 bits per heavy atom. The summed E-state index contributed by atoms with van der Waals surface area (Å²) in [7, 11) is 4.67. The number of rotatable bonds is 8. The molecule has 176 valence electrons. The molecule has 1 aliphatic heterocycles. The summed E-state index contributed by atoms with van der Waals surface area (Å²) in [5, 5.41) is 3.59. The maximum Gasteiger partial charge on any atom is 0.253 e. The van der Waals surface area contributed by atoms with Crippen LogP contribution in [0.5, 0.6) is 17.2 Å². The lowest BCUT2D eigenvalue weighted by Gasteiger charge is -2.21. The van der Waals surface area contributed by atoms with Crippen LogP contribution in [0, 0.1) is 11.8 Å². The van der Waals surface area contributed by atoms with Crippen molar-refractivity contribution in [2.45, 2.75) is 18.8 Å². The van der Waals surface area contributed by atoms with E-state index in [0.717, 1.165) is 18.4 Å². The van der Waals surface area contributed by atoms with Gasteiger partial charge in [-0.3, -0.25) is 9.59 Å². The first-order valence-electron chi connectivity index (χ1n) is 11.1. The average molecular weight is 473 g/mol. The Balaban J connectivity index is 1.65. The predicted octanol–water partition coefficient (Wildman–Crippen LogP) is 3.75. The minimum Gasteiger partial charge on any atom is -0.493 e. The summed E-state index contributed by atoms with van der Waals surface area (Å²) in [5.41, 5.74) is 1.36. The van der Waals surface area contributed by atoms with Gasteiger partial charge in [-0.15, -0.1) is 0 Å². The van der Waals surface area contributed by atoms with Gasteiger partial charge in [-0.2, -0.15) is 0 Å². The third kappa shape index (κ3) is 5.03. The van der Waals surface area contributed by atoms with Crippen LogP contribution in [0.1, 0.15) is 34.7 Å². The second-order valence-electron chi connectivity index (χ2n) is 8.58. The Hall–Kier alpha value is -2.93. The number of nitrogens with one attached hydrogen (secondary N) is 1. The van der Waals surface area contributed by atoms with Gasteiger partial charge in [0.1, 0.15) is 0 Å². The van der Waals surface area contributed by atoms with Crippen molar-refractivity contribution in [2.24, 2.45) is 11.8 Å². The Kier molecular flexibility index (Phi) is 6.98. The molecule has 2 unspecified atom stereocenters. The fourth-order valence-electron chi connectivity index (χ4n) is 4.39. The molecule has 7 nitrogen and oxygen atoms in total. The number of hydrogen-bond donors (Lipinski definition) is 1. The number of benzene rings is 2. The van der Waals surface area contributed by atoms with Gasteiger partial charge in [-0.25, -0.2) is 0 Å². The molecule has 1 aliphatic carbocycles. The molecule has 0 spiro atoms. The summed E-state index contributed by atoms with van der Waals surface area (Å²) in [5.74, 6) is 1.29. The van der Waals surface area contributed by atoms with Gasteiger partial charge in [0.25, 0.3) is 5.91 Å². The highest BCUT2D eigenvalue weighted by Crippen LogP contribution is 2.43. The molecule has 1 heterocycles. The van der Waals surface area contributed by atoms with Crippen LogP contribution in [0.15, 0.2) is 36.4 Å². The third-order valence-corrected chi connectivity index (χ3v) is 6.63. The number of carbonyl (C=O) groups is 2. The summed E-state index contributed by atoms with van der Waals surface area (Å²) in [6, 6.07) is 10.6. The lowest BCUT2D eigenvalue weighted by Crippen LogP contribution is -2.36. The first-order chi connectivity index (χ1) is 15.9. The van der Waals surface area contributed by atoms with E-state index in [-0.39, 0.29) is 17.7 Å². The molecule has 2 aliphatic rings. The van der Waals surface area contributed by atoms with Crippen LogP contribution in [-0.2, 0) is 4.79 Å². The Labute approximate surface area is 198 Å². The van der Waals surface area contributed by atoms with Crippen molar-refractivity contribution in [3.8, 4) is 17.2 Å². The standard InChI is InChI=1S/C25H29ClN2O5/c1-31-21-10-17(11-22(32-2)23(21)33-3)19-13-28(25(30)16-5-4-6-18(26)9-16)14-20(19)24(29)27-12-15-7-8-15/h4-6,9-11,15,19-20H,7-8,12-14H2,1-3H3,(H,27,29). The van der Waals surface area contributed by atoms with E-state index < -0.39 is 5.92 Å². The van der Waals surface area contributed by atoms with Crippen LogP contribution in [0.2, 0.25) is 5.02 Å². The number of carbonyl (C=O) groups excluding carboxylic acids is 2. The van der Waals surface area contributed by atoms with E-state index in [4.69, 9.17) is 25.8 Å². The van der Waals surface area contributed by atoms with Crippen LogP contribution in [0.4, 0.5) is 0 Å². The fourth-order valence-corrected chi connectivity index (χ4v) is 4.58. The molecule has 2 atom stereocenters. The van der Waals surface area contributed by atoms with Crippen molar-refractivity contribution < 1.29 is 23.8 Å². The number of nitrogens with zero attached hydrogens (tertiary/aromatic N) is 1. The molecule has 0 bridgehead atoms. The van der Waals surface area contributed by atoms with E-state index in [1.165, 1.54) is 0 Å². The van der Waals surface area contributed by atoms with Crippen LogP contribution in [0.25, 0.3) is 0 Å². The van der Waals surface area contributed by atoms with Gasteiger partial charge in [0.05, 0.1) is 27.2 Å². The largest absolute Gasteiger partial charge is 0.493 e. The fraction of sp³-hybridized carbons (Fsp3) is 0.440.